The number of hydrogen-bond donors (Lipinski definition) is 2. The van der Waals surface area contributed by atoms with Crippen molar-refractivity contribution in [2.24, 2.45) is 7.05 Å². The van der Waals surface area contributed by atoms with Crippen molar-refractivity contribution in [2.45, 2.75) is 27.3 Å². The Labute approximate surface area is 128 Å². The van der Waals surface area contributed by atoms with E-state index in [1.165, 1.54) is 5.56 Å². The van der Waals surface area contributed by atoms with E-state index in [4.69, 9.17) is 0 Å². The number of nitrogens with one attached hydrogen (secondary N) is 2. The number of rotatable bonds is 4. The molecule has 3 aromatic heterocycles. The highest BCUT2D eigenvalue weighted by Crippen LogP contribution is 2.19. The van der Waals surface area contributed by atoms with Gasteiger partial charge in [0.25, 0.3) is 0 Å². The van der Waals surface area contributed by atoms with E-state index in [0.717, 1.165) is 28.6 Å². The van der Waals surface area contributed by atoms with Crippen molar-refractivity contribution in [3.8, 4) is 11.4 Å². The van der Waals surface area contributed by atoms with E-state index in [0.29, 0.717) is 12.4 Å². The van der Waals surface area contributed by atoms with Crippen LogP contribution < -0.4 is 5.32 Å². The van der Waals surface area contributed by atoms with E-state index < -0.39 is 0 Å². The first-order valence-corrected chi connectivity index (χ1v) is 7.13. The van der Waals surface area contributed by atoms with Crippen LogP contribution in [0.1, 0.15) is 22.8 Å². The van der Waals surface area contributed by atoms with E-state index in [9.17, 15) is 0 Å². The Bertz CT molecular complexity index is 800. The lowest BCUT2D eigenvalue weighted by Gasteiger charge is -2.07. The first-order valence-electron chi connectivity index (χ1n) is 7.13. The number of pyridine rings is 1. The van der Waals surface area contributed by atoms with Gasteiger partial charge in [-0.15, -0.1) is 0 Å². The van der Waals surface area contributed by atoms with Gasteiger partial charge in [0, 0.05) is 36.6 Å². The maximum atomic E-state index is 4.42. The molecule has 0 saturated carbocycles. The SMILES string of the molecule is Cc1nc(-c2ccnc(NCc3c(C)nn(C)c3C)c2)n[nH]1. The number of hydrogen-bond acceptors (Lipinski definition) is 5. The second-order valence-corrected chi connectivity index (χ2v) is 5.30. The van der Waals surface area contributed by atoms with Crippen LogP contribution in [0.2, 0.25) is 0 Å². The zero-order valence-electron chi connectivity index (χ0n) is 13.2. The molecule has 3 rings (SSSR count). The van der Waals surface area contributed by atoms with Crippen LogP contribution in [0.15, 0.2) is 18.3 Å². The van der Waals surface area contributed by atoms with Crippen LogP contribution in [-0.2, 0) is 13.6 Å². The van der Waals surface area contributed by atoms with Crippen LogP contribution in [0.25, 0.3) is 11.4 Å². The van der Waals surface area contributed by atoms with E-state index in [1.807, 2.05) is 37.7 Å². The summed E-state index contributed by atoms with van der Waals surface area (Å²) in [7, 11) is 1.95. The monoisotopic (exact) mass is 297 g/mol. The fraction of sp³-hybridized carbons (Fsp3) is 0.333. The third-order valence-electron chi connectivity index (χ3n) is 3.72. The molecule has 0 unspecified atom stereocenters. The minimum atomic E-state index is 0.677. The molecule has 3 aromatic rings. The summed E-state index contributed by atoms with van der Waals surface area (Å²) in [6.07, 6.45) is 1.76. The van der Waals surface area contributed by atoms with Crippen LogP contribution in [0.3, 0.4) is 0 Å². The quantitative estimate of drug-likeness (QED) is 0.770. The minimum Gasteiger partial charge on any atom is -0.366 e. The number of aromatic nitrogens is 6. The van der Waals surface area contributed by atoms with E-state index in [2.05, 4.69) is 37.5 Å². The van der Waals surface area contributed by atoms with Crippen molar-refractivity contribution in [1.29, 1.82) is 0 Å². The molecule has 0 aliphatic rings. The lowest BCUT2D eigenvalue weighted by atomic mass is 10.2. The Morgan fingerprint density at radius 2 is 2.09 bits per heavy atom. The first-order chi connectivity index (χ1) is 10.5. The van der Waals surface area contributed by atoms with Crippen molar-refractivity contribution in [3.05, 3.63) is 41.1 Å². The molecule has 0 bridgehead atoms. The Balaban J connectivity index is 1.79. The van der Waals surface area contributed by atoms with Gasteiger partial charge >= 0.3 is 0 Å². The van der Waals surface area contributed by atoms with Gasteiger partial charge in [-0.25, -0.2) is 9.97 Å². The molecular weight excluding hydrogens is 278 g/mol. The van der Waals surface area contributed by atoms with Gasteiger partial charge in [0.1, 0.15) is 11.6 Å². The lowest BCUT2D eigenvalue weighted by Crippen LogP contribution is -2.04. The number of nitrogens with zero attached hydrogens (tertiary/aromatic N) is 5. The number of aromatic amines is 1. The van der Waals surface area contributed by atoms with Gasteiger partial charge in [-0.2, -0.15) is 10.2 Å². The summed E-state index contributed by atoms with van der Waals surface area (Å²) < 4.78 is 1.90. The van der Waals surface area contributed by atoms with Crippen LogP contribution in [0, 0.1) is 20.8 Å². The highest BCUT2D eigenvalue weighted by molar-refractivity contribution is 5.59. The van der Waals surface area contributed by atoms with Gasteiger partial charge in [-0.05, 0) is 32.9 Å². The normalized spacial score (nSPS) is 10.9. The molecule has 0 fully saturated rings. The molecule has 3 heterocycles. The van der Waals surface area contributed by atoms with Crippen LogP contribution in [-0.4, -0.2) is 29.9 Å². The molecule has 0 radical (unpaired) electrons. The third-order valence-corrected chi connectivity index (χ3v) is 3.72. The van der Waals surface area contributed by atoms with Gasteiger partial charge in [0.05, 0.1) is 5.69 Å². The standard InChI is InChI=1S/C15H19N7/c1-9-13(10(2)22(4)21-9)8-17-14-7-12(5-6-16-14)15-18-11(3)19-20-15/h5-7H,8H2,1-4H3,(H,16,17)(H,18,19,20). The summed E-state index contributed by atoms with van der Waals surface area (Å²) in [6.45, 7) is 6.65. The summed E-state index contributed by atoms with van der Waals surface area (Å²) in [5, 5.41) is 14.8. The van der Waals surface area contributed by atoms with E-state index in [-0.39, 0.29) is 0 Å². The molecule has 0 saturated heterocycles. The zero-order chi connectivity index (χ0) is 15.7. The maximum absolute atomic E-state index is 4.42. The summed E-state index contributed by atoms with van der Waals surface area (Å²) >= 11 is 0. The summed E-state index contributed by atoms with van der Waals surface area (Å²) in [6, 6.07) is 3.85. The molecular formula is C15H19N7. The molecule has 22 heavy (non-hydrogen) atoms. The number of H-pyrrole nitrogens is 1. The molecule has 0 amide bonds. The fourth-order valence-corrected chi connectivity index (χ4v) is 2.39. The first kappa shape index (κ1) is 14.2. The predicted octanol–water partition coefficient (Wildman–Crippen LogP) is 2.14. The molecule has 0 atom stereocenters. The molecule has 0 spiro atoms. The molecule has 2 N–H and O–H groups in total. The van der Waals surface area contributed by atoms with Crippen molar-refractivity contribution in [2.75, 3.05) is 5.32 Å². The number of aryl methyl sites for hydroxylation is 3. The van der Waals surface area contributed by atoms with Gasteiger partial charge < -0.3 is 5.32 Å². The van der Waals surface area contributed by atoms with Crippen LogP contribution in [0.5, 0.6) is 0 Å². The average Bonchev–Trinajstić information content (AvgIpc) is 3.03. The van der Waals surface area contributed by atoms with Gasteiger partial charge in [-0.1, -0.05) is 0 Å². The highest BCUT2D eigenvalue weighted by atomic mass is 15.3. The van der Waals surface area contributed by atoms with Crippen molar-refractivity contribution >= 4 is 5.82 Å². The Morgan fingerprint density at radius 1 is 1.27 bits per heavy atom. The second kappa shape index (κ2) is 5.59. The molecule has 0 aromatic carbocycles. The smallest absolute Gasteiger partial charge is 0.181 e. The number of anilines is 1. The molecule has 0 aliphatic heterocycles. The minimum absolute atomic E-state index is 0.677. The summed E-state index contributed by atoms with van der Waals surface area (Å²) in [5.41, 5.74) is 4.32. The topological polar surface area (TPSA) is 84.3 Å². The largest absolute Gasteiger partial charge is 0.366 e. The highest BCUT2D eigenvalue weighted by Gasteiger charge is 2.10. The second-order valence-electron chi connectivity index (χ2n) is 5.30. The third kappa shape index (κ3) is 2.69. The van der Waals surface area contributed by atoms with Crippen LogP contribution >= 0.6 is 0 Å². The zero-order valence-corrected chi connectivity index (χ0v) is 13.2. The van der Waals surface area contributed by atoms with Crippen molar-refractivity contribution in [1.82, 2.24) is 29.9 Å². The van der Waals surface area contributed by atoms with Crippen molar-refractivity contribution < 1.29 is 0 Å². The van der Waals surface area contributed by atoms with E-state index in [1.54, 1.807) is 6.20 Å². The fourth-order valence-electron chi connectivity index (χ4n) is 2.39. The summed E-state index contributed by atoms with van der Waals surface area (Å²) in [5.74, 6) is 2.27. The average molecular weight is 297 g/mol. The molecule has 0 aliphatic carbocycles. The lowest BCUT2D eigenvalue weighted by molar-refractivity contribution is 0.730. The predicted molar refractivity (Wildman–Crippen MR) is 84.4 cm³/mol. The van der Waals surface area contributed by atoms with Gasteiger partial charge in [0.2, 0.25) is 0 Å². The molecule has 7 nitrogen and oxygen atoms in total. The summed E-state index contributed by atoms with van der Waals surface area (Å²) in [4.78, 5) is 8.69. The molecule has 114 valence electrons. The van der Waals surface area contributed by atoms with E-state index >= 15 is 0 Å². The molecule has 7 heteroatoms. The Morgan fingerprint density at radius 3 is 2.73 bits per heavy atom. The van der Waals surface area contributed by atoms with Gasteiger partial charge in [-0.3, -0.25) is 9.78 Å². The Kier molecular flexibility index (Phi) is 3.62. The Hall–Kier alpha value is -2.70. The van der Waals surface area contributed by atoms with Crippen molar-refractivity contribution in [3.63, 3.8) is 0 Å². The van der Waals surface area contributed by atoms with Crippen LogP contribution in [0.4, 0.5) is 5.82 Å². The maximum Gasteiger partial charge on any atom is 0.181 e. The van der Waals surface area contributed by atoms with Gasteiger partial charge in [0.15, 0.2) is 5.82 Å².